The number of aromatic nitrogens is 2. The number of nitrogens with zero attached hydrogens (tertiary/aromatic N) is 2. The molecule has 1 aliphatic carbocycles. The van der Waals surface area contributed by atoms with Gasteiger partial charge in [-0.1, -0.05) is 47.3 Å². The van der Waals surface area contributed by atoms with Crippen molar-refractivity contribution in [1.29, 1.82) is 0 Å². The predicted molar refractivity (Wildman–Crippen MR) is 127 cm³/mol. The molecule has 0 bridgehead atoms. The Balaban J connectivity index is 1.67. The molecule has 3 aromatic rings. The van der Waals surface area contributed by atoms with Crippen molar-refractivity contribution < 1.29 is 17.9 Å². The van der Waals surface area contributed by atoms with Gasteiger partial charge in [-0.3, -0.25) is 0 Å². The number of alkyl halides is 3. The van der Waals surface area contributed by atoms with E-state index in [1.165, 1.54) is 24.6 Å². The second-order valence-electron chi connectivity index (χ2n) is 8.11. The van der Waals surface area contributed by atoms with Crippen LogP contribution in [0, 0.1) is 6.92 Å². The van der Waals surface area contributed by atoms with Gasteiger partial charge in [0.25, 0.3) is 0 Å². The van der Waals surface area contributed by atoms with Crippen LogP contribution in [0.2, 0.25) is 0 Å². The minimum atomic E-state index is -4.76. The van der Waals surface area contributed by atoms with Gasteiger partial charge in [0.1, 0.15) is 11.6 Å². The molecule has 0 unspecified atom stereocenters. The molecule has 4 rings (SSSR count). The lowest BCUT2D eigenvalue weighted by atomic mass is 9.96. The lowest BCUT2D eigenvalue weighted by Gasteiger charge is -2.23. The number of ether oxygens (including phenoxy) is 1. The quantitative estimate of drug-likeness (QED) is 0.350. The third-order valence-electron chi connectivity index (χ3n) is 5.46. The van der Waals surface area contributed by atoms with Gasteiger partial charge in [0.05, 0.1) is 5.69 Å². The number of aryl methyl sites for hydroxylation is 1. The van der Waals surface area contributed by atoms with Crippen molar-refractivity contribution in [3.8, 4) is 17.0 Å². The molecule has 0 atom stereocenters. The van der Waals surface area contributed by atoms with Gasteiger partial charge in [-0.25, -0.2) is 4.98 Å². The topological polar surface area (TPSA) is 59.1 Å². The van der Waals surface area contributed by atoms with Crippen LogP contribution in [-0.2, 0) is 0 Å². The van der Waals surface area contributed by atoms with Gasteiger partial charge in [-0.15, -0.1) is 13.2 Å². The first-order chi connectivity index (χ1) is 15.7. The molecule has 0 aliphatic heterocycles. The number of benzene rings is 2. The van der Waals surface area contributed by atoms with E-state index in [-0.39, 0.29) is 11.8 Å². The molecule has 1 fully saturated rings. The van der Waals surface area contributed by atoms with Gasteiger partial charge >= 0.3 is 6.36 Å². The molecule has 1 aliphatic rings. The van der Waals surface area contributed by atoms with Gasteiger partial charge in [0.15, 0.2) is 0 Å². The zero-order valence-corrected chi connectivity index (χ0v) is 19.6. The molecular weight excluding hydrogens is 497 g/mol. The smallest absolute Gasteiger partial charge is 0.406 e. The van der Waals surface area contributed by atoms with Gasteiger partial charge in [-0.05, 0) is 55.7 Å². The number of nitrogens with one attached hydrogen (secondary N) is 2. The maximum Gasteiger partial charge on any atom is 0.573 e. The number of anilines is 3. The second-order valence-corrected chi connectivity index (χ2v) is 8.96. The summed E-state index contributed by atoms with van der Waals surface area (Å²) < 4.78 is 43.2. The Kier molecular flexibility index (Phi) is 7.07. The fraction of sp³-hybridized carbons (Fsp3) is 0.333. The summed E-state index contributed by atoms with van der Waals surface area (Å²) in [6.45, 7) is 1.99. The third kappa shape index (κ3) is 6.60. The van der Waals surface area contributed by atoms with E-state index in [2.05, 4.69) is 41.3 Å². The van der Waals surface area contributed by atoms with Gasteiger partial charge in [-0.2, -0.15) is 4.98 Å². The fourth-order valence-electron chi connectivity index (χ4n) is 3.88. The van der Waals surface area contributed by atoms with E-state index in [0.717, 1.165) is 41.4 Å². The molecule has 33 heavy (non-hydrogen) atoms. The Morgan fingerprint density at radius 3 is 2.52 bits per heavy atom. The van der Waals surface area contributed by atoms with Gasteiger partial charge in [0, 0.05) is 27.8 Å². The second kappa shape index (κ2) is 9.99. The number of halogens is 4. The summed E-state index contributed by atoms with van der Waals surface area (Å²) in [6.07, 6.45) is 0.841. The molecule has 1 heterocycles. The SMILES string of the molecule is Cc1cc(Nc2cc(-c3cccc(OC(F)(F)F)c3)nc(NC3CCCCC3)n2)ccc1Br. The molecule has 0 saturated heterocycles. The first-order valence-electron chi connectivity index (χ1n) is 10.8. The summed E-state index contributed by atoms with van der Waals surface area (Å²) in [5.41, 5.74) is 2.90. The standard InChI is InChI=1S/C24H24BrF3N4O/c1-15-12-18(10-11-20(15)25)29-22-14-21(16-6-5-9-19(13-16)33-24(26,27)28)31-23(32-22)30-17-7-3-2-4-8-17/h5-6,9-14,17H,2-4,7-8H2,1H3,(H2,29,30,31,32). The Labute approximate surface area is 198 Å². The highest BCUT2D eigenvalue weighted by molar-refractivity contribution is 9.10. The summed E-state index contributed by atoms with van der Waals surface area (Å²) in [5, 5.41) is 6.70. The molecule has 0 radical (unpaired) electrons. The van der Waals surface area contributed by atoms with E-state index >= 15 is 0 Å². The monoisotopic (exact) mass is 520 g/mol. The van der Waals surface area contributed by atoms with E-state index < -0.39 is 6.36 Å². The first kappa shape index (κ1) is 23.4. The van der Waals surface area contributed by atoms with Crippen LogP contribution in [0.15, 0.2) is 53.0 Å². The van der Waals surface area contributed by atoms with E-state index in [4.69, 9.17) is 0 Å². The summed E-state index contributed by atoms with van der Waals surface area (Å²) in [4.78, 5) is 9.23. The highest BCUT2D eigenvalue weighted by Gasteiger charge is 2.31. The molecule has 1 aromatic heterocycles. The fourth-order valence-corrected chi connectivity index (χ4v) is 4.12. The molecule has 1 saturated carbocycles. The molecule has 5 nitrogen and oxygen atoms in total. The van der Waals surface area contributed by atoms with Crippen LogP contribution in [0.4, 0.5) is 30.6 Å². The minimum absolute atomic E-state index is 0.275. The normalized spacial score (nSPS) is 14.7. The highest BCUT2D eigenvalue weighted by atomic mass is 79.9. The maximum absolute atomic E-state index is 12.7. The lowest BCUT2D eigenvalue weighted by molar-refractivity contribution is -0.274. The molecule has 0 amide bonds. The Morgan fingerprint density at radius 2 is 1.79 bits per heavy atom. The van der Waals surface area contributed by atoms with Crippen LogP contribution in [-0.4, -0.2) is 22.4 Å². The van der Waals surface area contributed by atoms with Crippen LogP contribution in [0.25, 0.3) is 11.3 Å². The zero-order valence-electron chi connectivity index (χ0n) is 18.0. The van der Waals surface area contributed by atoms with Crippen LogP contribution < -0.4 is 15.4 Å². The summed E-state index contributed by atoms with van der Waals surface area (Å²) in [7, 11) is 0. The average molecular weight is 521 g/mol. The van der Waals surface area contributed by atoms with E-state index in [0.29, 0.717) is 23.0 Å². The van der Waals surface area contributed by atoms with E-state index in [9.17, 15) is 13.2 Å². The molecule has 174 valence electrons. The molecule has 9 heteroatoms. The van der Waals surface area contributed by atoms with Gasteiger partial charge in [0.2, 0.25) is 5.95 Å². The molecule has 2 aromatic carbocycles. The summed E-state index contributed by atoms with van der Waals surface area (Å²) >= 11 is 3.50. The van der Waals surface area contributed by atoms with E-state index in [1.54, 1.807) is 12.1 Å². The van der Waals surface area contributed by atoms with Crippen LogP contribution in [0.1, 0.15) is 37.7 Å². The van der Waals surface area contributed by atoms with Crippen molar-refractivity contribution in [2.45, 2.75) is 51.4 Å². The maximum atomic E-state index is 12.7. The Morgan fingerprint density at radius 1 is 1.00 bits per heavy atom. The Bertz CT molecular complexity index is 1120. The van der Waals surface area contributed by atoms with Crippen LogP contribution >= 0.6 is 15.9 Å². The molecule has 0 spiro atoms. The van der Waals surface area contributed by atoms with Crippen molar-refractivity contribution in [3.05, 3.63) is 58.6 Å². The van der Waals surface area contributed by atoms with Crippen LogP contribution in [0.5, 0.6) is 5.75 Å². The zero-order chi connectivity index (χ0) is 23.4. The van der Waals surface area contributed by atoms with Crippen LogP contribution in [0.3, 0.4) is 0 Å². The predicted octanol–water partition coefficient (Wildman–Crippen LogP) is 7.60. The summed E-state index contributed by atoms with van der Waals surface area (Å²) in [6, 6.07) is 13.6. The van der Waals surface area contributed by atoms with E-state index in [1.807, 2.05) is 25.1 Å². The number of hydrogen-bond donors (Lipinski definition) is 2. The van der Waals surface area contributed by atoms with Crippen molar-refractivity contribution in [2.75, 3.05) is 10.6 Å². The van der Waals surface area contributed by atoms with Crippen molar-refractivity contribution >= 4 is 33.4 Å². The van der Waals surface area contributed by atoms with Gasteiger partial charge < -0.3 is 15.4 Å². The number of hydrogen-bond acceptors (Lipinski definition) is 5. The lowest BCUT2D eigenvalue weighted by Crippen LogP contribution is -2.23. The minimum Gasteiger partial charge on any atom is -0.406 e. The third-order valence-corrected chi connectivity index (χ3v) is 6.35. The Hall–Kier alpha value is -2.81. The van der Waals surface area contributed by atoms with Crippen molar-refractivity contribution in [2.24, 2.45) is 0 Å². The first-order valence-corrected chi connectivity index (χ1v) is 11.6. The van der Waals surface area contributed by atoms with Crippen molar-refractivity contribution in [1.82, 2.24) is 9.97 Å². The molecular formula is C24H24BrF3N4O. The molecule has 2 N–H and O–H groups in total. The highest BCUT2D eigenvalue weighted by Crippen LogP contribution is 2.30. The average Bonchev–Trinajstić information content (AvgIpc) is 2.76. The number of rotatable bonds is 6. The summed E-state index contributed by atoms with van der Waals surface area (Å²) in [5.74, 6) is 0.693. The largest absolute Gasteiger partial charge is 0.573 e. The van der Waals surface area contributed by atoms with Crippen molar-refractivity contribution in [3.63, 3.8) is 0 Å².